The molecule has 1 aliphatic heterocycles. The fourth-order valence-corrected chi connectivity index (χ4v) is 2.91. The van der Waals surface area contributed by atoms with Crippen LogP contribution in [0.4, 0.5) is 0 Å². The van der Waals surface area contributed by atoms with Crippen LogP contribution in [0, 0.1) is 0 Å². The highest BCUT2D eigenvalue weighted by Gasteiger charge is 2.34. The Morgan fingerprint density at radius 2 is 1.41 bits per heavy atom. The van der Waals surface area contributed by atoms with Crippen molar-refractivity contribution in [1.29, 1.82) is 0 Å². The van der Waals surface area contributed by atoms with Crippen molar-refractivity contribution in [2.45, 2.75) is 19.3 Å². The van der Waals surface area contributed by atoms with E-state index >= 15 is 0 Å². The molecule has 0 fully saturated rings. The second-order valence-electron chi connectivity index (χ2n) is 6.25. The number of nitrogens with zero attached hydrogens (tertiary/aromatic N) is 1. The van der Waals surface area contributed by atoms with Gasteiger partial charge in [0.05, 0.1) is 16.7 Å². The van der Waals surface area contributed by atoms with Crippen molar-refractivity contribution < 1.29 is 23.9 Å². The second kappa shape index (κ2) is 8.40. The minimum Gasteiger partial charge on any atom is -0.454 e. The van der Waals surface area contributed by atoms with Gasteiger partial charge in [-0.25, -0.2) is 4.79 Å². The molecule has 6 nitrogen and oxygen atoms in total. The summed E-state index contributed by atoms with van der Waals surface area (Å²) in [7, 11) is 0. The molecule has 0 atom stereocenters. The van der Waals surface area contributed by atoms with Gasteiger partial charge in [0.25, 0.3) is 11.8 Å². The molecule has 1 aliphatic rings. The minimum atomic E-state index is -0.532. The molecular formula is C21H19NO5. The van der Waals surface area contributed by atoms with E-state index in [1.165, 1.54) is 4.90 Å². The molecule has 0 bridgehead atoms. The molecular weight excluding hydrogens is 346 g/mol. The number of benzene rings is 2. The fourth-order valence-electron chi connectivity index (χ4n) is 2.91. The van der Waals surface area contributed by atoms with Crippen molar-refractivity contribution in [2.75, 3.05) is 13.2 Å². The molecule has 0 aliphatic carbocycles. The lowest BCUT2D eigenvalue weighted by molar-refractivity contribution is -0.122. The predicted octanol–water partition coefficient (Wildman–Crippen LogP) is 2.88. The third-order valence-electron chi connectivity index (χ3n) is 4.34. The molecule has 1 heterocycles. The number of amides is 2. The highest BCUT2D eigenvalue weighted by atomic mass is 16.5. The van der Waals surface area contributed by atoms with E-state index in [0.29, 0.717) is 29.5 Å². The average molecular weight is 365 g/mol. The van der Waals surface area contributed by atoms with Crippen LogP contribution < -0.4 is 0 Å². The van der Waals surface area contributed by atoms with Crippen molar-refractivity contribution in [1.82, 2.24) is 4.90 Å². The predicted molar refractivity (Wildman–Crippen MR) is 97.4 cm³/mol. The summed E-state index contributed by atoms with van der Waals surface area (Å²) in [6.45, 7) is -0.00975. The number of imide groups is 1. The van der Waals surface area contributed by atoms with Gasteiger partial charge in [-0.05, 0) is 37.1 Å². The molecule has 0 saturated carbocycles. The molecule has 2 amide bonds. The number of carbonyl (C=O) groups is 4. The Morgan fingerprint density at radius 3 is 2.04 bits per heavy atom. The van der Waals surface area contributed by atoms with E-state index in [4.69, 9.17) is 4.74 Å². The zero-order valence-electron chi connectivity index (χ0n) is 14.7. The number of hydrogen-bond donors (Lipinski definition) is 0. The van der Waals surface area contributed by atoms with E-state index in [0.717, 1.165) is 0 Å². The Balaban J connectivity index is 1.38. The Bertz CT molecular complexity index is 840. The molecule has 0 radical (unpaired) electrons. The summed E-state index contributed by atoms with van der Waals surface area (Å²) in [5.41, 5.74) is 1.24. The van der Waals surface area contributed by atoms with E-state index in [-0.39, 0.29) is 37.2 Å². The van der Waals surface area contributed by atoms with Crippen molar-refractivity contribution in [3.05, 3.63) is 71.3 Å². The van der Waals surface area contributed by atoms with E-state index < -0.39 is 5.97 Å². The van der Waals surface area contributed by atoms with Gasteiger partial charge in [0, 0.05) is 13.0 Å². The lowest BCUT2D eigenvalue weighted by Crippen LogP contribution is -2.30. The number of unbranched alkanes of at least 4 members (excludes halogenated alkanes) is 1. The maximum Gasteiger partial charge on any atom is 0.338 e. The van der Waals surface area contributed by atoms with Crippen molar-refractivity contribution >= 4 is 23.6 Å². The molecule has 6 heteroatoms. The molecule has 0 saturated heterocycles. The first-order valence-electron chi connectivity index (χ1n) is 8.77. The van der Waals surface area contributed by atoms with Gasteiger partial charge in [-0.2, -0.15) is 0 Å². The molecule has 2 aromatic rings. The lowest BCUT2D eigenvalue weighted by Gasteiger charge is -2.13. The summed E-state index contributed by atoms with van der Waals surface area (Å²) in [5.74, 6) is -1.31. The number of hydrogen-bond acceptors (Lipinski definition) is 5. The smallest absolute Gasteiger partial charge is 0.338 e. The number of ketones is 1. The first-order valence-corrected chi connectivity index (χ1v) is 8.77. The SMILES string of the molecule is O=C(CCCCN1C(=O)c2ccccc2C1=O)COC(=O)c1ccccc1. The largest absolute Gasteiger partial charge is 0.454 e. The van der Waals surface area contributed by atoms with E-state index in [1.807, 2.05) is 0 Å². The van der Waals surface area contributed by atoms with E-state index in [9.17, 15) is 19.2 Å². The lowest BCUT2D eigenvalue weighted by atomic mass is 10.1. The molecule has 138 valence electrons. The van der Waals surface area contributed by atoms with Gasteiger partial charge in [-0.1, -0.05) is 30.3 Å². The fraction of sp³-hybridized carbons (Fsp3) is 0.238. The van der Waals surface area contributed by atoms with Crippen LogP contribution >= 0.6 is 0 Å². The van der Waals surface area contributed by atoms with Crippen LogP contribution in [0.5, 0.6) is 0 Å². The number of rotatable bonds is 8. The highest BCUT2D eigenvalue weighted by molar-refractivity contribution is 6.21. The molecule has 0 N–H and O–H groups in total. The van der Waals surface area contributed by atoms with Crippen LogP contribution in [0.15, 0.2) is 54.6 Å². The average Bonchev–Trinajstić information content (AvgIpc) is 2.95. The van der Waals surface area contributed by atoms with Crippen LogP contribution in [0.3, 0.4) is 0 Å². The summed E-state index contributed by atoms with van der Waals surface area (Å²) >= 11 is 0. The second-order valence-corrected chi connectivity index (χ2v) is 6.25. The molecule has 0 aromatic heterocycles. The van der Waals surface area contributed by atoms with E-state index in [2.05, 4.69) is 0 Å². The first-order chi connectivity index (χ1) is 13.1. The first kappa shape index (κ1) is 18.5. The van der Waals surface area contributed by atoms with Gasteiger partial charge in [0.2, 0.25) is 0 Å². The van der Waals surface area contributed by atoms with Crippen LogP contribution in [0.25, 0.3) is 0 Å². The van der Waals surface area contributed by atoms with Gasteiger partial charge >= 0.3 is 5.97 Å². The molecule has 0 unspecified atom stereocenters. The van der Waals surface area contributed by atoms with Gasteiger partial charge in [0.15, 0.2) is 5.78 Å². The quantitative estimate of drug-likeness (QED) is 0.408. The van der Waals surface area contributed by atoms with Crippen molar-refractivity contribution in [3.63, 3.8) is 0 Å². The van der Waals surface area contributed by atoms with Gasteiger partial charge in [0.1, 0.15) is 6.61 Å². The zero-order valence-corrected chi connectivity index (χ0v) is 14.7. The highest BCUT2D eigenvalue weighted by Crippen LogP contribution is 2.22. The van der Waals surface area contributed by atoms with Crippen molar-refractivity contribution in [3.8, 4) is 0 Å². The normalized spacial score (nSPS) is 12.8. The van der Waals surface area contributed by atoms with Crippen LogP contribution in [0.1, 0.15) is 50.3 Å². The number of esters is 1. The number of fused-ring (bicyclic) bond motifs is 1. The summed E-state index contributed by atoms with van der Waals surface area (Å²) < 4.78 is 4.99. The van der Waals surface area contributed by atoms with Crippen LogP contribution in [-0.4, -0.2) is 41.6 Å². The Hall–Kier alpha value is -3.28. The van der Waals surface area contributed by atoms with Crippen molar-refractivity contribution in [2.24, 2.45) is 0 Å². The van der Waals surface area contributed by atoms with Gasteiger partial charge < -0.3 is 4.74 Å². The number of Topliss-reactive ketones (excluding diaryl/α,β-unsaturated/α-hetero) is 1. The molecule has 0 spiro atoms. The topological polar surface area (TPSA) is 80.8 Å². The van der Waals surface area contributed by atoms with Crippen LogP contribution in [-0.2, 0) is 9.53 Å². The minimum absolute atomic E-state index is 0.193. The maximum atomic E-state index is 12.2. The summed E-state index contributed by atoms with van der Waals surface area (Å²) in [6.07, 6.45) is 1.25. The Labute approximate surface area is 156 Å². The molecule has 27 heavy (non-hydrogen) atoms. The summed E-state index contributed by atoms with van der Waals surface area (Å²) in [6, 6.07) is 15.2. The van der Waals surface area contributed by atoms with E-state index in [1.54, 1.807) is 54.6 Å². The number of carbonyl (C=O) groups excluding carboxylic acids is 4. The maximum absolute atomic E-state index is 12.2. The molecule has 3 rings (SSSR count). The molecule has 2 aromatic carbocycles. The Kier molecular flexibility index (Phi) is 5.76. The number of ether oxygens (including phenoxy) is 1. The Morgan fingerprint density at radius 1 is 0.815 bits per heavy atom. The standard InChI is InChI=1S/C21H19NO5/c23-16(14-27-21(26)15-8-2-1-3-9-15)10-6-7-13-22-19(24)17-11-4-5-12-18(17)20(22)25/h1-5,8-9,11-12H,6-7,10,13-14H2. The third-order valence-corrected chi connectivity index (χ3v) is 4.34. The third kappa shape index (κ3) is 4.28. The summed E-state index contributed by atoms with van der Waals surface area (Å²) in [4.78, 5) is 49.3. The monoisotopic (exact) mass is 365 g/mol. The zero-order chi connectivity index (χ0) is 19.2. The van der Waals surface area contributed by atoms with Gasteiger partial charge in [-0.15, -0.1) is 0 Å². The summed E-state index contributed by atoms with van der Waals surface area (Å²) in [5, 5.41) is 0. The van der Waals surface area contributed by atoms with Crippen LogP contribution in [0.2, 0.25) is 0 Å². The van der Waals surface area contributed by atoms with Gasteiger partial charge in [-0.3, -0.25) is 19.3 Å².